The third kappa shape index (κ3) is 3.35. The second-order valence-corrected chi connectivity index (χ2v) is 5.42. The summed E-state index contributed by atoms with van der Waals surface area (Å²) in [5.41, 5.74) is 1.16. The molecule has 1 aliphatic rings. The fourth-order valence-corrected chi connectivity index (χ4v) is 2.71. The van der Waals surface area contributed by atoms with Gasteiger partial charge in [0.25, 0.3) is 0 Å². The number of aromatic nitrogens is 1. The number of rotatable bonds is 2. The summed E-state index contributed by atoms with van der Waals surface area (Å²) in [5, 5.41) is 0. The molecular weight excluding hydrogens is 333 g/mol. The predicted molar refractivity (Wildman–Crippen MR) is 85.4 cm³/mol. The van der Waals surface area contributed by atoms with Crippen LogP contribution in [0.15, 0.2) is 48.8 Å². The van der Waals surface area contributed by atoms with Crippen molar-refractivity contribution in [1.29, 1.82) is 0 Å². The molecule has 2 aromatic rings. The fourth-order valence-electron chi connectivity index (χ4n) is 2.71. The van der Waals surface area contributed by atoms with Crippen LogP contribution in [0.25, 0.3) is 6.08 Å². The van der Waals surface area contributed by atoms with Gasteiger partial charge in [-0.1, -0.05) is 18.2 Å². The van der Waals surface area contributed by atoms with Gasteiger partial charge in [-0.05, 0) is 42.3 Å². The summed E-state index contributed by atoms with van der Waals surface area (Å²) in [6.45, 7) is 1.88. The molecule has 0 fully saturated rings. The van der Waals surface area contributed by atoms with Crippen molar-refractivity contribution < 1.29 is 22.7 Å². The van der Waals surface area contributed by atoms with Crippen LogP contribution in [0, 0.1) is 0 Å². The minimum atomic E-state index is -4.41. The third-order valence-corrected chi connectivity index (χ3v) is 3.86. The zero-order chi connectivity index (χ0) is 18.0. The monoisotopic (exact) mass is 348 g/mol. The number of hydrogen-bond donors (Lipinski definition) is 0. The number of amides is 1. The van der Waals surface area contributed by atoms with Crippen LogP contribution in [-0.2, 0) is 10.9 Å². The summed E-state index contributed by atoms with van der Waals surface area (Å²) in [6, 6.07) is 7.65. The minimum absolute atomic E-state index is 0.192. The van der Waals surface area contributed by atoms with Gasteiger partial charge in [-0.25, -0.2) is 4.79 Å². The Hall–Kier alpha value is -2.83. The normalized spacial score (nSPS) is 16.5. The summed E-state index contributed by atoms with van der Waals surface area (Å²) in [5.74, 6) is 0. The second-order valence-electron chi connectivity index (χ2n) is 5.42. The Balaban J connectivity index is 2.05. The average molecular weight is 348 g/mol. The number of ether oxygens (including phenoxy) is 1. The van der Waals surface area contributed by atoms with Gasteiger partial charge in [0.1, 0.15) is 6.04 Å². The van der Waals surface area contributed by atoms with Gasteiger partial charge in [0, 0.05) is 12.4 Å². The summed E-state index contributed by atoms with van der Waals surface area (Å²) in [7, 11) is 0. The van der Waals surface area contributed by atoms with Crippen molar-refractivity contribution in [2.24, 2.45) is 0 Å². The lowest BCUT2D eigenvalue weighted by atomic mass is 9.95. The van der Waals surface area contributed by atoms with E-state index in [-0.39, 0.29) is 6.61 Å². The molecule has 0 saturated carbocycles. The number of nitrogens with zero attached hydrogens (tertiary/aromatic N) is 2. The van der Waals surface area contributed by atoms with Gasteiger partial charge < -0.3 is 4.74 Å². The summed E-state index contributed by atoms with van der Waals surface area (Å²) >= 11 is 0. The molecule has 0 N–H and O–H groups in total. The first-order valence-corrected chi connectivity index (χ1v) is 7.67. The van der Waals surface area contributed by atoms with Crippen LogP contribution < -0.4 is 0 Å². The van der Waals surface area contributed by atoms with E-state index in [0.717, 1.165) is 17.7 Å². The molecule has 4 nitrogen and oxygen atoms in total. The van der Waals surface area contributed by atoms with Crippen LogP contribution in [0.1, 0.15) is 35.3 Å². The maximum Gasteiger partial charge on any atom is 0.416 e. The van der Waals surface area contributed by atoms with E-state index in [1.807, 2.05) is 6.07 Å². The number of hydrogen-bond acceptors (Lipinski definition) is 3. The molecule has 0 saturated heterocycles. The Kier molecular flexibility index (Phi) is 4.48. The Bertz CT molecular complexity index is 801. The summed E-state index contributed by atoms with van der Waals surface area (Å²) in [6.07, 6.45) is -0.134. The highest BCUT2D eigenvalue weighted by Crippen LogP contribution is 2.36. The molecule has 1 aromatic heterocycles. The lowest BCUT2D eigenvalue weighted by Gasteiger charge is -2.32. The fraction of sp³-hybridized carbons (Fsp3) is 0.222. The molecule has 0 bridgehead atoms. The van der Waals surface area contributed by atoms with Crippen LogP contribution in [0.3, 0.4) is 0 Å². The molecule has 1 unspecified atom stereocenters. The molecule has 0 spiro atoms. The van der Waals surface area contributed by atoms with Gasteiger partial charge in [-0.2, -0.15) is 13.2 Å². The van der Waals surface area contributed by atoms with E-state index in [9.17, 15) is 18.0 Å². The number of carbonyl (C=O) groups excluding carboxylic acids is 1. The number of pyridine rings is 1. The Morgan fingerprint density at radius 2 is 1.96 bits per heavy atom. The predicted octanol–water partition coefficient (Wildman–Crippen LogP) is 4.63. The summed E-state index contributed by atoms with van der Waals surface area (Å²) in [4.78, 5) is 17.9. The molecule has 0 aliphatic carbocycles. The molecule has 0 radical (unpaired) electrons. The van der Waals surface area contributed by atoms with Crippen molar-refractivity contribution in [3.8, 4) is 0 Å². The largest absolute Gasteiger partial charge is 0.449 e. The Morgan fingerprint density at radius 3 is 2.60 bits per heavy atom. The van der Waals surface area contributed by atoms with E-state index in [0.29, 0.717) is 11.3 Å². The molecule has 130 valence electrons. The lowest BCUT2D eigenvalue weighted by Crippen LogP contribution is -2.34. The lowest BCUT2D eigenvalue weighted by molar-refractivity contribution is -0.137. The highest BCUT2D eigenvalue weighted by Gasteiger charge is 2.33. The molecule has 1 amide bonds. The first-order valence-electron chi connectivity index (χ1n) is 7.67. The zero-order valence-electron chi connectivity index (χ0n) is 13.3. The Morgan fingerprint density at radius 1 is 1.24 bits per heavy atom. The van der Waals surface area contributed by atoms with Gasteiger partial charge in [-0.3, -0.25) is 9.88 Å². The van der Waals surface area contributed by atoms with Crippen molar-refractivity contribution in [3.05, 3.63) is 71.2 Å². The van der Waals surface area contributed by atoms with E-state index in [2.05, 4.69) is 4.98 Å². The van der Waals surface area contributed by atoms with Crippen molar-refractivity contribution in [2.45, 2.75) is 19.1 Å². The Labute approximate surface area is 142 Å². The number of halogens is 3. The molecular formula is C18H15F3N2O2. The number of fused-ring (bicyclic) bond motifs is 1. The molecule has 1 aromatic carbocycles. The van der Waals surface area contributed by atoms with Crippen LogP contribution in [0.2, 0.25) is 0 Å². The third-order valence-electron chi connectivity index (χ3n) is 3.86. The average Bonchev–Trinajstić information content (AvgIpc) is 2.60. The second kappa shape index (κ2) is 6.58. The van der Waals surface area contributed by atoms with Gasteiger partial charge >= 0.3 is 12.3 Å². The molecule has 1 atom stereocenters. The quantitative estimate of drug-likeness (QED) is 0.794. The number of benzene rings is 1. The molecule has 1 aliphatic heterocycles. The smallest absolute Gasteiger partial charge is 0.416 e. The summed E-state index contributed by atoms with van der Waals surface area (Å²) < 4.78 is 43.4. The van der Waals surface area contributed by atoms with Crippen LogP contribution in [0.5, 0.6) is 0 Å². The van der Waals surface area contributed by atoms with Crippen molar-refractivity contribution in [2.75, 3.05) is 6.61 Å². The molecule has 3 rings (SSSR count). The highest BCUT2D eigenvalue weighted by molar-refractivity contribution is 5.74. The first kappa shape index (κ1) is 17.0. The van der Waals surface area contributed by atoms with Crippen molar-refractivity contribution >= 4 is 12.2 Å². The van der Waals surface area contributed by atoms with E-state index in [4.69, 9.17) is 4.74 Å². The van der Waals surface area contributed by atoms with Gasteiger partial charge in [0.2, 0.25) is 0 Å². The van der Waals surface area contributed by atoms with E-state index < -0.39 is 23.9 Å². The van der Waals surface area contributed by atoms with Gasteiger partial charge in [-0.15, -0.1) is 0 Å². The van der Waals surface area contributed by atoms with E-state index >= 15 is 0 Å². The number of alkyl halides is 3. The number of carbonyl (C=O) groups is 1. The maximum absolute atomic E-state index is 12.8. The van der Waals surface area contributed by atoms with E-state index in [1.165, 1.54) is 17.0 Å². The van der Waals surface area contributed by atoms with Gasteiger partial charge in [0.05, 0.1) is 17.9 Å². The van der Waals surface area contributed by atoms with E-state index in [1.54, 1.807) is 31.5 Å². The molecule has 25 heavy (non-hydrogen) atoms. The topological polar surface area (TPSA) is 42.4 Å². The SMILES string of the molecule is CCOC(=O)N1C=Cc2cccnc2C1c1ccc(C(F)(F)F)cc1. The van der Waals surface area contributed by atoms with Crippen molar-refractivity contribution in [3.63, 3.8) is 0 Å². The minimum Gasteiger partial charge on any atom is -0.449 e. The first-order chi connectivity index (χ1) is 11.9. The van der Waals surface area contributed by atoms with Crippen molar-refractivity contribution in [1.82, 2.24) is 9.88 Å². The van der Waals surface area contributed by atoms with Crippen LogP contribution in [0.4, 0.5) is 18.0 Å². The van der Waals surface area contributed by atoms with Crippen LogP contribution >= 0.6 is 0 Å². The molecule has 2 heterocycles. The van der Waals surface area contributed by atoms with Gasteiger partial charge in [0.15, 0.2) is 0 Å². The van der Waals surface area contributed by atoms with Crippen LogP contribution in [-0.4, -0.2) is 22.6 Å². The zero-order valence-corrected chi connectivity index (χ0v) is 13.3. The maximum atomic E-state index is 12.8. The molecule has 7 heteroatoms. The highest BCUT2D eigenvalue weighted by atomic mass is 19.4. The standard InChI is InChI=1S/C18H15F3N2O2/c1-2-25-17(24)23-11-9-12-4-3-10-22-15(12)16(23)13-5-7-14(8-6-13)18(19,20)21/h3-11,16H,2H2,1H3.